The van der Waals surface area contributed by atoms with E-state index >= 15 is 0 Å². The summed E-state index contributed by atoms with van der Waals surface area (Å²) in [7, 11) is -3.86. The third kappa shape index (κ3) is 3.86. The van der Waals surface area contributed by atoms with Crippen LogP contribution < -0.4 is 0 Å². The van der Waals surface area contributed by atoms with E-state index in [4.69, 9.17) is 0 Å². The van der Waals surface area contributed by atoms with Crippen molar-refractivity contribution in [3.05, 3.63) is 102 Å². The van der Waals surface area contributed by atoms with Crippen molar-refractivity contribution < 1.29 is 13.5 Å². The first-order chi connectivity index (χ1) is 16.4. The lowest BCUT2D eigenvalue weighted by atomic mass is 10.0. The van der Waals surface area contributed by atoms with Gasteiger partial charge in [-0.1, -0.05) is 61.0 Å². The Morgan fingerprint density at radius 1 is 0.853 bits per heavy atom. The maximum absolute atomic E-state index is 13.6. The lowest BCUT2D eigenvalue weighted by Gasteiger charge is -2.08. The number of aromatic hydroxyl groups is 1. The van der Waals surface area contributed by atoms with Crippen LogP contribution in [0.4, 0.5) is 0 Å². The largest absolute Gasteiger partial charge is 0.508 e. The number of aromatic nitrogens is 2. The summed E-state index contributed by atoms with van der Waals surface area (Å²) in [5, 5.41) is 10.5. The molecule has 0 radical (unpaired) electrons. The third-order valence-electron chi connectivity index (χ3n) is 6.06. The van der Waals surface area contributed by atoms with Gasteiger partial charge in [-0.15, -0.1) is 0 Å². The van der Waals surface area contributed by atoms with E-state index in [2.05, 4.69) is 36.2 Å². The first-order valence-corrected chi connectivity index (χ1v) is 12.5. The topological polar surface area (TPSA) is 72.2 Å². The van der Waals surface area contributed by atoms with Crippen LogP contribution >= 0.6 is 0 Å². The molecular formula is C28H24N2O3S. The molecule has 0 unspecified atom stereocenters. The lowest BCUT2D eigenvalue weighted by molar-refractivity contribution is 0.475. The third-order valence-corrected chi connectivity index (χ3v) is 7.73. The molecule has 5 rings (SSSR count). The summed E-state index contributed by atoms with van der Waals surface area (Å²) in [5.41, 5.74) is 6.03. The second-order valence-corrected chi connectivity index (χ2v) is 10.2. The molecule has 5 nitrogen and oxygen atoms in total. The predicted octanol–water partition coefficient (Wildman–Crippen LogP) is 6.18. The number of nitrogens with zero attached hydrogens (tertiary/aromatic N) is 2. The van der Waals surface area contributed by atoms with E-state index in [0.717, 1.165) is 39.6 Å². The van der Waals surface area contributed by atoms with Crippen LogP contribution in [0.5, 0.6) is 5.75 Å². The minimum absolute atomic E-state index is 0.148. The van der Waals surface area contributed by atoms with Crippen molar-refractivity contribution >= 4 is 21.1 Å². The summed E-state index contributed by atoms with van der Waals surface area (Å²) in [6.45, 7) is 4.03. The van der Waals surface area contributed by atoms with Crippen LogP contribution in [-0.4, -0.2) is 22.5 Å². The molecule has 0 aliphatic rings. The molecule has 0 aliphatic carbocycles. The van der Waals surface area contributed by atoms with Gasteiger partial charge in [0.2, 0.25) is 0 Å². The second kappa shape index (κ2) is 8.47. The van der Waals surface area contributed by atoms with E-state index in [1.807, 2.05) is 13.0 Å². The fourth-order valence-electron chi connectivity index (χ4n) is 4.05. The van der Waals surface area contributed by atoms with Crippen LogP contribution in [0.25, 0.3) is 33.3 Å². The fraction of sp³-hybridized carbons (Fsp3) is 0.107. The average molecular weight is 469 g/mol. The van der Waals surface area contributed by atoms with Crippen molar-refractivity contribution in [3.8, 4) is 28.0 Å². The van der Waals surface area contributed by atoms with Gasteiger partial charge in [0.25, 0.3) is 10.0 Å². The van der Waals surface area contributed by atoms with Crippen molar-refractivity contribution in [1.29, 1.82) is 0 Å². The Morgan fingerprint density at radius 3 is 2.15 bits per heavy atom. The van der Waals surface area contributed by atoms with Gasteiger partial charge in [0.05, 0.1) is 4.90 Å². The zero-order valence-electron chi connectivity index (χ0n) is 18.9. The van der Waals surface area contributed by atoms with Crippen molar-refractivity contribution in [2.75, 3.05) is 0 Å². The summed E-state index contributed by atoms with van der Waals surface area (Å²) in [6.07, 6.45) is 4.29. The summed E-state index contributed by atoms with van der Waals surface area (Å²) in [6, 6.07) is 23.8. The van der Waals surface area contributed by atoms with E-state index in [0.29, 0.717) is 5.65 Å². The van der Waals surface area contributed by atoms with Gasteiger partial charge in [0, 0.05) is 28.9 Å². The molecule has 2 aromatic heterocycles. The predicted molar refractivity (Wildman–Crippen MR) is 135 cm³/mol. The molecule has 3 aromatic carbocycles. The molecule has 0 atom stereocenters. The lowest BCUT2D eigenvalue weighted by Crippen LogP contribution is -2.12. The Bertz CT molecular complexity index is 1580. The molecule has 170 valence electrons. The molecule has 5 aromatic rings. The number of hydrogen-bond acceptors (Lipinski definition) is 4. The first kappa shape index (κ1) is 21.9. The Morgan fingerprint density at radius 2 is 1.50 bits per heavy atom. The molecule has 0 saturated carbocycles. The minimum atomic E-state index is -3.86. The van der Waals surface area contributed by atoms with Crippen LogP contribution in [0.1, 0.15) is 18.1 Å². The molecule has 34 heavy (non-hydrogen) atoms. The van der Waals surface area contributed by atoms with E-state index in [1.165, 1.54) is 9.54 Å². The van der Waals surface area contributed by atoms with E-state index < -0.39 is 10.0 Å². The van der Waals surface area contributed by atoms with Crippen molar-refractivity contribution in [3.63, 3.8) is 0 Å². The molecule has 0 saturated heterocycles. The van der Waals surface area contributed by atoms with Crippen LogP contribution in [0.3, 0.4) is 0 Å². The Kier molecular flexibility index (Phi) is 5.46. The number of phenols is 1. The van der Waals surface area contributed by atoms with Crippen LogP contribution in [0.2, 0.25) is 0 Å². The van der Waals surface area contributed by atoms with Gasteiger partial charge >= 0.3 is 0 Å². The van der Waals surface area contributed by atoms with Crippen LogP contribution in [0, 0.1) is 6.92 Å². The number of aryl methyl sites for hydroxylation is 2. The second-order valence-electron chi connectivity index (χ2n) is 8.35. The highest BCUT2D eigenvalue weighted by Crippen LogP contribution is 2.35. The van der Waals surface area contributed by atoms with E-state index in [-0.39, 0.29) is 10.6 Å². The van der Waals surface area contributed by atoms with Crippen LogP contribution in [0.15, 0.2) is 96.2 Å². The first-order valence-electron chi connectivity index (χ1n) is 11.1. The molecule has 0 spiro atoms. The van der Waals surface area contributed by atoms with E-state index in [1.54, 1.807) is 60.9 Å². The van der Waals surface area contributed by atoms with Gasteiger partial charge in [-0.3, -0.25) is 0 Å². The molecule has 0 amide bonds. The fourth-order valence-corrected chi connectivity index (χ4v) is 5.37. The van der Waals surface area contributed by atoms with Crippen molar-refractivity contribution in [2.24, 2.45) is 0 Å². The summed E-state index contributed by atoms with van der Waals surface area (Å²) in [4.78, 5) is 4.81. The Balaban J connectivity index is 1.73. The maximum Gasteiger partial charge on any atom is 0.269 e. The zero-order valence-corrected chi connectivity index (χ0v) is 19.8. The smallest absolute Gasteiger partial charge is 0.269 e. The maximum atomic E-state index is 13.6. The molecule has 1 N–H and O–H groups in total. The van der Waals surface area contributed by atoms with Crippen molar-refractivity contribution in [1.82, 2.24) is 8.96 Å². The Hall–Kier alpha value is -3.90. The number of fused-ring (bicyclic) bond motifs is 1. The Labute approximate surface area is 199 Å². The van der Waals surface area contributed by atoms with Crippen molar-refractivity contribution in [2.45, 2.75) is 25.2 Å². The van der Waals surface area contributed by atoms with Gasteiger partial charge in [-0.25, -0.2) is 17.4 Å². The highest BCUT2D eigenvalue weighted by Gasteiger charge is 2.23. The molecular weight excluding hydrogens is 444 g/mol. The highest BCUT2D eigenvalue weighted by molar-refractivity contribution is 7.90. The SMILES string of the molecule is CCc1ccc(-c2cnc3c(c2)c(-c2ccc(O)cc2)cn3S(=O)(=O)c2ccc(C)cc2)cc1. The number of pyridine rings is 1. The number of benzene rings is 3. The van der Waals surface area contributed by atoms with Gasteiger partial charge in [-0.2, -0.15) is 0 Å². The quantitative estimate of drug-likeness (QED) is 0.334. The number of phenolic OH excluding ortho intramolecular Hbond substituents is 1. The summed E-state index contributed by atoms with van der Waals surface area (Å²) < 4.78 is 28.4. The van der Waals surface area contributed by atoms with Gasteiger partial charge in [0.15, 0.2) is 5.65 Å². The molecule has 0 aliphatic heterocycles. The summed E-state index contributed by atoms with van der Waals surface area (Å²) >= 11 is 0. The van der Waals surface area contributed by atoms with Gasteiger partial charge in [-0.05, 0) is 60.4 Å². The molecule has 6 heteroatoms. The number of hydrogen-bond donors (Lipinski definition) is 1. The molecule has 2 heterocycles. The number of rotatable bonds is 5. The zero-order chi connectivity index (χ0) is 23.9. The standard InChI is InChI=1S/C28H24N2O3S/c1-3-20-6-8-21(9-7-20)23-16-26-27(22-10-12-24(31)13-11-22)18-30(28(26)29-17-23)34(32,33)25-14-4-19(2)5-15-25/h4-18,31H,3H2,1-2H3. The van der Waals surface area contributed by atoms with Crippen LogP contribution in [-0.2, 0) is 16.4 Å². The van der Waals surface area contributed by atoms with Gasteiger partial charge in [0.1, 0.15) is 5.75 Å². The highest BCUT2D eigenvalue weighted by atomic mass is 32.2. The minimum Gasteiger partial charge on any atom is -0.508 e. The molecule has 0 fully saturated rings. The monoisotopic (exact) mass is 468 g/mol. The normalized spacial score (nSPS) is 11.7. The van der Waals surface area contributed by atoms with E-state index in [9.17, 15) is 13.5 Å². The molecule has 0 bridgehead atoms. The average Bonchev–Trinajstić information content (AvgIpc) is 3.24. The summed E-state index contributed by atoms with van der Waals surface area (Å²) in [5.74, 6) is 0.148. The van der Waals surface area contributed by atoms with Gasteiger partial charge < -0.3 is 5.11 Å².